The van der Waals surface area contributed by atoms with Crippen LogP contribution in [-0.4, -0.2) is 48.0 Å². The quantitative estimate of drug-likeness (QED) is 0.625. The summed E-state index contributed by atoms with van der Waals surface area (Å²) >= 11 is 0. The lowest BCUT2D eigenvalue weighted by molar-refractivity contribution is -0.0174. The van der Waals surface area contributed by atoms with Gasteiger partial charge in [-0.15, -0.1) is 0 Å². The molecule has 1 aromatic carbocycles. The number of benzene rings is 1. The highest BCUT2D eigenvalue weighted by atomic mass is 16.5. The third-order valence-electron chi connectivity index (χ3n) is 5.69. The van der Waals surface area contributed by atoms with Gasteiger partial charge < -0.3 is 14.4 Å². The number of unbranched alkanes of at least 4 members (excludes halogenated alkanes) is 3. The number of rotatable bonds is 8. The Morgan fingerprint density at radius 2 is 1.93 bits per heavy atom. The lowest BCUT2D eigenvalue weighted by atomic mass is 10.1. The Kier molecular flexibility index (Phi) is 6.38. The first-order valence-corrected chi connectivity index (χ1v) is 10.8. The van der Waals surface area contributed by atoms with Crippen LogP contribution in [0.3, 0.4) is 0 Å². The van der Waals surface area contributed by atoms with E-state index in [2.05, 4.69) is 11.9 Å². The van der Waals surface area contributed by atoms with Crippen LogP contribution >= 0.6 is 0 Å². The average molecular weight is 412 g/mol. The number of carbonyl (C=O) groups is 1. The lowest BCUT2D eigenvalue weighted by Crippen LogP contribution is -2.65. The number of carbonyl (C=O) groups excluding carboxylic acids is 1. The van der Waals surface area contributed by atoms with E-state index in [0.717, 1.165) is 31.4 Å². The molecule has 2 aromatic rings. The topological polar surface area (TPSA) is 64.0 Å². The fraction of sp³-hybridized carbons (Fsp3) is 0.478. The van der Waals surface area contributed by atoms with Gasteiger partial charge in [0, 0.05) is 25.4 Å². The zero-order chi connectivity index (χ0) is 20.9. The van der Waals surface area contributed by atoms with Crippen molar-refractivity contribution in [1.29, 1.82) is 0 Å². The van der Waals surface area contributed by atoms with Crippen LogP contribution in [0.15, 0.2) is 47.4 Å². The maximum absolute atomic E-state index is 13.4. The minimum atomic E-state index is -0.275. The van der Waals surface area contributed by atoms with Crippen molar-refractivity contribution >= 4 is 5.91 Å². The van der Waals surface area contributed by atoms with E-state index in [4.69, 9.17) is 9.47 Å². The molecular weight excluding hydrogens is 382 g/mol. The molecule has 2 aliphatic rings. The first-order valence-electron chi connectivity index (χ1n) is 10.8. The number of nitrogens with zero attached hydrogens (tertiary/aromatic N) is 3. The summed E-state index contributed by atoms with van der Waals surface area (Å²) in [5, 5.41) is 2.14. The normalized spacial score (nSPS) is 18.2. The average Bonchev–Trinajstić information content (AvgIpc) is 2.78. The Hall–Kier alpha value is -2.80. The van der Waals surface area contributed by atoms with Crippen LogP contribution in [0.25, 0.3) is 0 Å². The van der Waals surface area contributed by atoms with Gasteiger partial charge in [0.1, 0.15) is 12.8 Å². The molecule has 0 N–H and O–H groups in total. The molecule has 1 amide bonds. The molecular formula is C23H29N3O4. The number of hydrogen-bond donors (Lipinski definition) is 0. The van der Waals surface area contributed by atoms with Gasteiger partial charge in [0.15, 0.2) is 11.4 Å². The van der Waals surface area contributed by atoms with E-state index in [0.29, 0.717) is 25.5 Å². The number of morpholine rings is 1. The fourth-order valence-electron chi connectivity index (χ4n) is 4.10. The van der Waals surface area contributed by atoms with Crippen LogP contribution in [0.4, 0.5) is 0 Å². The van der Waals surface area contributed by atoms with Gasteiger partial charge >= 0.3 is 0 Å². The number of pyridine rings is 1. The van der Waals surface area contributed by atoms with Crippen LogP contribution in [0.5, 0.6) is 5.75 Å². The van der Waals surface area contributed by atoms with Crippen molar-refractivity contribution in [2.45, 2.75) is 45.4 Å². The molecule has 0 bridgehead atoms. The standard InChI is InChI=1S/C23H29N3O4/c1-2-3-4-8-12-25-20-17-29-15-14-24(20)23(28)21-22(19(27)11-13-26(21)25)30-16-18-9-6-5-7-10-18/h5-7,9-11,13,20H,2-4,8,12,14-17H2,1H3/t20-/m1/s1. The van der Waals surface area contributed by atoms with Crippen LogP contribution < -0.4 is 15.2 Å². The highest BCUT2D eigenvalue weighted by Crippen LogP contribution is 2.27. The summed E-state index contributed by atoms with van der Waals surface area (Å²) in [6.07, 6.45) is 6.01. The molecule has 30 heavy (non-hydrogen) atoms. The van der Waals surface area contributed by atoms with E-state index in [1.54, 1.807) is 6.20 Å². The molecule has 2 aliphatic heterocycles. The lowest BCUT2D eigenvalue weighted by Gasteiger charge is -2.48. The van der Waals surface area contributed by atoms with Gasteiger partial charge in [-0.25, -0.2) is 0 Å². The number of aromatic nitrogens is 1. The zero-order valence-electron chi connectivity index (χ0n) is 17.5. The van der Waals surface area contributed by atoms with E-state index < -0.39 is 0 Å². The molecule has 7 nitrogen and oxygen atoms in total. The summed E-state index contributed by atoms with van der Waals surface area (Å²) in [4.78, 5) is 27.8. The molecule has 0 aliphatic carbocycles. The molecule has 7 heteroatoms. The minimum absolute atomic E-state index is 0.120. The van der Waals surface area contributed by atoms with Gasteiger partial charge in [0.25, 0.3) is 5.91 Å². The molecule has 4 rings (SSSR count). The van der Waals surface area contributed by atoms with Crippen molar-refractivity contribution in [2.24, 2.45) is 0 Å². The molecule has 3 heterocycles. The molecule has 1 atom stereocenters. The molecule has 0 radical (unpaired) electrons. The van der Waals surface area contributed by atoms with Gasteiger partial charge in [0.2, 0.25) is 5.43 Å². The molecule has 1 saturated heterocycles. The Bertz CT molecular complexity index is 928. The second kappa shape index (κ2) is 9.34. The Labute approximate surface area is 176 Å². The predicted molar refractivity (Wildman–Crippen MR) is 114 cm³/mol. The van der Waals surface area contributed by atoms with Gasteiger partial charge in [0.05, 0.1) is 13.2 Å². The van der Waals surface area contributed by atoms with Crippen LogP contribution in [0, 0.1) is 0 Å². The minimum Gasteiger partial charge on any atom is -0.482 e. The first-order chi connectivity index (χ1) is 14.7. The Morgan fingerprint density at radius 3 is 2.73 bits per heavy atom. The number of amides is 1. The van der Waals surface area contributed by atoms with Crippen LogP contribution in [0.2, 0.25) is 0 Å². The second-order valence-electron chi connectivity index (χ2n) is 7.75. The molecule has 0 spiro atoms. The first kappa shape index (κ1) is 20.5. The SMILES string of the molecule is CCCCCCN1[C@@H]2COCCN2C(=O)c2c(OCc3ccccc3)c(=O)ccn21. The number of hydrogen-bond acceptors (Lipinski definition) is 5. The predicted octanol–water partition coefficient (Wildman–Crippen LogP) is 2.76. The van der Waals surface area contributed by atoms with Crippen molar-refractivity contribution in [1.82, 2.24) is 9.58 Å². The summed E-state index contributed by atoms with van der Waals surface area (Å²) in [7, 11) is 0. The van der Waals surface area contributed by atoms with Crippen molar-refractivity contribution in [3.8, 4) is 5.75 Å². The van der Waals surface area contributed by atoms with Gasteiger partial charge in [-0.1, -0.05) is 56.5 Å². The molecule has 1 aromatic heterocycles. The molecule has 0 unspecified atom stereocenters. The van der Waals surface area contributed by atoms with E-state index >= 15 is 0 Å². The van der Waals surface area contributed by atoms with Crippen molar-refractivity contribution < 1.29 is 14.3 Å². The van der Waals surface area contributed by atoms with E-state index in [1.807, 2.05) is 39.9 Å². The van der Waals surface area contributed by atoms with Crippen molar-refractivity contribution in [2.75, 3.05) is 31.3 Å². The number of fused-ring (bicyclic) bond motifs is 2. The number of ether oxygens (including phenoxy) is 2. The van der Waals surface area contributed by atoms with Gasteiger partial charge in [-0.05, 0) is 12.0 Å². The smallest absolute Gasteiger partial charge is 0.278 e. The highest BCUT2D eigenvalue weighted by molar-refractivity contribution is 5.96. The van der Waals surface area contributed by atoms with Crippen LogP contribution in [0.1, 0.15) is 48.7 Å². The Morgan fingerprint density at radius 1 is 1.10 bits per heavy atom. The monoisotopic (exact) mass is 411 g/mol. The van der Waals surface area contributed by atoms with E-state index in [-0.39, 0.29) is 29.9 Å². The summed E-state index contributed by atoms with van der Waals surface area (Å²) in [6.45, 7) is 4.69. The third kappa shape index (κ3) is 4.07. The Balaban J connectivity index is 1.67. The van der Waals surface area contributed by atoms with Gasteiger partial charge in [-0.3, -0.25) is 19.3 Å². The maximum atomic E-state index is 13.4. The van der Waals surface area contributed by atoms with Crippen molar-refractivity contribution in [3.05, 3.63) is 64.1 Å². The van der Waals surface area contributed by atoms with Gasteiger partial charge in [-0.2, -0.15) is 0 Å². The van der Waals surface area contributed by atoms with E-state index in [1.165, 1.54) is 12.5 Å². The molecule has 160 valence electrons. The third-order valence-corrected chi connectivity index (χ3v) is 5.69. The highest BCUT2D eigenvalue weighted by Gasteiger charge is 2.41. The summed E-state index contributed by atoms with van der Waals surface area (Å²) in [5.74, 6) is -0.0521. The largest absolute Gasteiger partial charge is 0.482 e. The van der Waals surface area contributed by atoms with Crippen molar-refractivity contribution in [3.63, 3.8) is 0 Å². The van der Waals surface area contributed by atoms with Crippen LogP contribution in [-0.2, 0) is 11.3 Å². The maximum Gasteiger partial charge on any atom is 0.278 e. The molecule has 0 saturated carbocycles. The van der Waals surface area contributed by atoms with E-state index in [9.17, 15) is 9.59 Å². The molecule has 1 fully saturated rings. The summed E-state index contributed by atoms with van der Waals surface area (Å²) < 4.78 is 13.4. The zero-order valence-corrected chi connectivity index (χ0v) is 17.5. The second-order valence-corrected chi connectivity index (χ2v) is 7.75. The fourth-order valence-corrected chi connectivity index (χ4v) is 4.10. The summed E-state index contributed by atoms with van der Waals surface area (Å²) in [6, 6.07) is 11.1. The summed E-state index contributed by atoms with van der Waals surface area (Å²) in [5.41, 5.74) is 0.985.